The molecule has 28 heavy (non-hydrogen) atoms. The zero-order valence-corrected chi connectivity index (χ0v) is 16.5. The van der Waals surface area contributed by atoms with Gasteiger partial charge in [-0.05, 0) is 30.4 Å². The molecule has 0 unspecified atom stereocenters. The van der Waals surface area contributed by atoms with Crippen molar-refractivity contribution in [3.63, 3.8) is 0 Å². The SMILES string of the molecule is CC(C)(C)c1ncc(C(=O)N2CCC(c3ccnc4c3CC(=O)N4)CC2)cn1. The van der Waals surface area contributed by atoms with Crippen molar-refractivity contribution in [3.8, 4) is 0 Å². The lowest BCUT2D eigenvalue weighted by Crippen LogP contribution is -2.38. The zero-order chi connectivity index (χ0) is 19.9. The molecule has 146 valence electrons. The molecular formula is C21H25N5O2. The third-order valence-electron chi connectivity index (χ3n) is 5.48. The molecular weight excluding hydrogens is 354 g/mol. The molecule has 7 nitrogen and oxygen atoms in total. The van der Waals surface area contributed by atoms with E-state index in [4.69, 9.17) is 0 Å². The summed E-state index contributed by atoms with van der Waals surface area (Å²) in [6.45, 7) is 7.51. The average molecular weight is 379 g/mol. The lowest BCUT2D eigenvalue weighted by molar-refractivity contribution is -0.115. The van der Waals surface area contributed by atoms with Gasteiger partial charge in [-0.1, -0.05) is 20.8 Å². The minimum absolute atomic E-state index is 0.00117. The van der Waals surface area contributed by atoms with Gasteiger partial charge in [0.2, 0.25) is 5.91 Å². The molecule has 4 heterocycles. The van der Waals surface area contributed by atoms with Gasteiger partial charge < -0.3 is 10.2 Å². The van der Waals surface area contributed by atoms with Gasteiger partial charge in [0, 0.05) is 42.7 Å². The maximum Gasteiger partial charge on any atom is 0.256 e. The average Bonchev–Trinajstić information content (AvgIpc) is 3.07. The van der Waals surface area contributed by atoms with E-state index in [9.17, 15) is 9.59 Å². The fourth-order valence-corrected chi connectivity index (χ4v) is 3.92. The summed E-state index contributed by atoms with van der Waals surface area (Å²) in [5.41, 5.74) is 2.60. The van der Waals surface area contributed by atoms with Gasteiger partial charge in [-0.3, -0.25) is 9.59 Å². The fourth-order valence-electron chi connectivity index (χ4n) is 3.92. The lowest BCUT2D eigenvalue weighted by atomic mass is 9.86. The van der Waals surface area contributed by atoms with Crippen LogP contribution in [0.3, 0.4) is 0 Å². The number of nitrogens with zero attached hydrogens (tertiary/aromatic N) is 4. The van der Waals surface area contributed by atoms with E-state index in [0.29, 0.717) is 36.8 Å². The van der Waals surface area contributed by atoms with Crippen molar-refractivity contribution in [2.75, 3.05) is 18.4 Å². The smallest absolute Gasteiger partial charge is 0.256 e. The predicted molar refractivity (Wildman–Crippen MR) is 105 cm³/mol. The van der Waals surface area contributed by atoms with Gasteiger partial charge in [0.15, 0.2) is 0 Å². The molecule has 0 spiro atoms. The van der Waals surface area contributed by atoms with Crippen molar-refractivity contribution >= 4 is 17.6 Å². The first-order valence-electron chi connectivity index (χ1n) is 9.72. The van der Waals surface area contributed by atoms with Crippen LogP contribution >= 0.6 is 0 Å². The highest BCUT2D eigenvalue weighted by Crippen LogP contribution is 2.35. The van der Waals surface area contributed by atoms with Crippen LogP contribution in [0.25, 0.3) is 0 Å². The summed E-state index contributed by atoms with van der Waals surface area (Å²) >= 11 is 0. The molecule has 0 radical (unpaired) electrons. The van der Waals surface area contributed by atoms with Crippen molar-refractivity contribution in [1.29, 1.82) is 0 Å². The van der Waals surface area contributed by atoms with E-state index < -0.39 is 0 Å². The third-order valence-corrected chi connectivity index (χ3v) is 5.48. The maximum atomic E-state index is 12.8. The molecule has 2 aliphatic heterocycles. The highest BCUT2D eigenvalue weighted by Gasteiger charge is 2.30. The molecule has 7 heteroatoms. The second-order valence-corrected chi connectivity index (χ2v) is 8.56. The lowest BCUT2D eigenvalue weighted by Gasteiger charge is -2.33. The normalized spacial score (nSPS) is 17.4. The van der Waals surface area contributed by atoms with Crippen molar-refractivity contribution in [3.05, 3.63) is 47.2 Å². The quantitative estimate of drug-likeness (QED) is 0.867. The van der Waals surface area contributed by atoms with E-state index in [1.54, 1.807) is 18.6 Å². The molecule has 0 aromatic carbocycles. The van der Waals surface area contributed by atoms with Gasteiger partial charge in [0.1, 0.15) is 11.6 Å². The van der Waals surface area contributed by atoms with E-state index >= 15 is 0 Å². The van der Waals surface area contributed by atoms with Crippen LogP contribution in [-0.4, -0.2) is 44.8 Å². The number of hydrogen-bond acceptors (Lipinski definition) is 5. The Morgan fingerprint density at radius 3 is 2.46 bits per heavy atom. The van der Waals surface area contributed by atoms with Crippen LogP contribution < -0.4 is 5.32 Å². The first kappa shape index (κ1) is 18.5. The summed E-state index contributed by atoms with van der Waals surface area (Å²) in [6.07, 6.45) is 7.17. The topological polar surface area (TPSA) is 88.1 Å². The Hall–Kier alpha value is -2.83. The third kappa shape index (κ3) is 3.48. The molecule has 2 amide bonds. The van der Waals surface area contributed by atoms with Gasteiger partial charge in [-0.2, -0.15) is 0 Å². The van der Waals surface area contributed by atoms with E-state index in [1.807, 2.05) is 31.7 Å². The van der Waals surface area contributed by atoms with Crippen molar-refractivity contribution in [1.82, 2.24) is 19.9 Å². The monoisotopic (exact) mass is 379 g/mol. The van der Waals surface area contributed by atoms with Crippen LogP contribution in [0.5, 0.6) is 0 Å². The van der Waals surface area contributed by atoms with Gasteiger partial charge in [-0.25, -0.2) is 15.0 Å². The van der Waals surface area contributed by atoms with E-state index in [1.165, 1.54) is 5.56 Å². The van der Waals surface area contributed by atoms with Crippen LogP contribution in [0.4, 0.5) is 5.82 Å². The molecule has 0 atom stereocenters. The van der Waals surface area contributed by atoms with Crippen LogP contribution in [0.2, 0.25) is 0 Å². The molecule has 4 rings (SSSR count). The van der Waals surface area contributed by atoms with E-state index in [-0.39, 0.29) is 17.2 Å². The number of nitrogens with one attached hydrogen (secondary N) is 1. The first-order chi connectivity index (χ1) is 13.3. The number of pyridine rings is 1. The molecule has 0 bridgehead atoms. The number of fused-ring (bicyclic) bond motifs is 1. The zero-order valence-electron chi connectivity index (χ0n) is 16.5. The molecule has 0 aliphatic carbocycles. The summed E-state index contributed by atoms with van der Waals surface area (Å²) in [7, 11) is 0. The number of carbonyl (C=O) groups is 2. The predicted octanol–water partition coefficient (Wildman–Crippen LogP) is 2.68. The van der Waals surface area contributed by atoms with Crippen molar-refractivity contribution in [2.45, 2.75) is 51.4 Å². The molecule has 1 fully saturated rings. The molecule has 2 aromatic rings. The summed E-state index contributed by atoms with van der Waals surface area (Å²) in [6, 6.07) is 2.01. The highest BCUT2D eigenvalue weighted by atomic mass is 16.2. The largest absolute Gasteiger partial charge is 0.339 e. The number of hydrogen-bond donors (Lipinski definition) is 1. The fraction of sp³-hybridized carbons (Fsp3) is 0.476. The van der Waals surface area contributed by atoms with Gasteiger partial charge in [0.05, 0.1) is 12.0 Å². The minimum Gasteiger partial charge on any atom is -0.339 e. The Morgan fingerprint density at radius 2 is 1.82 bits per heavy atom. The highest BCUT2D eigenvalue weighted by molar-refractivity contribution is 5.98. The van der Waals surface area contributed by atoms with Gasteiger partial charge in [0.25, 0.3) is 5.91 Å². The van der Waals surface area contributed by atoms with Crippen LogP contribution in [0, 0.1) is 0 Å². The molecule has 1 N–H and O–H groups in total. The van der Waals surface area contributed by atoms with Crippen molar-refractivity contribution < 1.29 is 9.59 Å². The number of likely N-dealkylation sites (tertiary alicyclic amines) is 1. The van der Waals surface area contributed by atoms with E-state index in [2.05, 4.69) is 20.3 Å². The number of carbonyl (C=O) groups excluding carboxylic acids is 2. The summed E-state index contributed by atoms with van der Waals surface area (Å²) in [5, 5.41) is 2.81. The number of rotatable bonds is 2. The first-order valence-corrected chi connectivity index (χ1v) is 9.72. The molecule has 0 saturated carbocycles. The number of amides is 2. The summed E-state index contributed by atoms with van der Waals surface area (Å²) < 4.78 is 0. The van der Waals surface area contributed by atoms with Crippen molar-refractivity contribution in [2.24, 2.45) is 0 Å². The molecule has 2 aromatic heterocycles. The summed E-state index contributed by atoms with van der Waals surface area (Å²) in [5.74, 6) is 1.75. The Morgan fingerprint density at radius 1 is 1.14 bits per heavy atom. The van der Waals surface area contributed by atoms with E-state index in [0.717, 1.165) is 24.2 Å². The second kappa shape index (κ2) is 6.96. The Balaban J connectivity index is 1.43. The molecule has 2 aliphatic rings. The Bertz CT molecular complexity index is 909. The van der Waals surface area contributed by atoms with Crippen LogP contribution in [0.1, 0.15) is 66.8 Å². The Kier molecular flexibility index (Phi) is 4.61. The number of piperidine rings is 1. The maximum absolute atomic E-state index is 12.8. The number of aromatic nitrogens is 3. The molecule has 1 saturated heterocycles. The second-order valence-electron chi connectivity index (χ2n) is 8.56. The standard InChI is InChI=1S/C21H25N5O2/c1-21(2,3)20-23-11-14(12-24-20)19(28)26-8-5-13(6-9-26)15-4-7-22-18-16(15)10-17(27)25-18/h4,7,11-13H,5-6,8-10H2,1-3H3,(H,22,25,27). The Labute approximate surface area is 164 Å². The number of anilines is 1. The van der Waals surface area contributed by atoms with Crippen LogP contribution in [0.15, 0.2) is 24.7 Å². The summed E-state index contributed by atoms with van der Waals surface area (Å²) in [4.78, 5) is 39.4. The van der Waals surface area contributed by atoms with Gasteiger partial charge >= 0.3 is 0 Å². The van der Waals surface area contributed by atoms with Crippen LogP contribution in [-0.2, 0) is 16.6 Å². The van der Waals surface area contributed by atoms with Gasteiger partial charge in [-0.15, -0.1) is 0 Å². The minimum atomic E-state index is -0.138.